The van der Waals surface area contributed by atoms with Gasteiger partial charge in [0.05, 0.1) is 26.5 Å². The predicted molar refractivity (Wildman–Crippen MR) is 55.4 cm³/mol. The fourth-order valence-corrected chi connectivity index (χ4v) is 1.42. The monoisotopic (exact) mass is 236 g/mol. The number of nitrogens with zero attached hydrogens (tertiary/aromatic N) is 1. The quantitative estimate of drug-likeness (QED) is 0.670. The van der Waals surface area contributed by atoms with Gasteiger partial charge in [-0.1, -0.05) is 0 Å². The number of hydrogen-bond acceptors (Lipinski definition) is 5. The minimum absolute atomic E-state index is 0.126. The molecule has 1 rings (SSSR count). The highest BCUT2D eigenvalue weighted by atomic mass is 31.2. The molecule has 0 amide bonds. The van der Waals surface area contributed by atoms with Crippen molar-refractivity contribution in [3.05, 3.63) is 12.4 Å². The molecular weight excluding hydrogens is 219 g/mol. The van der Waals surface area contributed by atoms with Crippen LogP contribution in [0.4, 0.5) is 0 Å². The van der Waals surface area contributed by atoms with Crippen LogP contribution in [0.1, 0.15) is 13.8 Å². The summed E-state index contributed by atoms with van der Waals surface area (Å²) in [6, 6.07) is 0. The summed E-state index contributed by atoms with van der Waals surface area (Å²) in [5, 5.41) is 0. The fourth-order valence-electron chi connectivity index (χ4n) is 0.718. The molecule has 0 aromatic heterocycles. The second kappa shape index (κ2) is 7.73. The average Bonchev–Trinajstić information content (AvgIpc) is 2.56. The van der Waals surface area contributed by atoms with E-state index in [-0.39, 0.29) is 13.2 Å². The van der Waals surface area contributed by atoms with Gasteiger partial charge < -0.3 is 13.9 Å². The van der Waals surface area contributed by atoms with Gasteiger partial charge in [0.25, 0.3) is 7.82 Å². The van der Waals surface area contributed by atoms with Gasteiger partial charge in [0, 0.05) is 0 Å². The third kappa shape index (κ3) is 8.47. The molecule has 1 aliphatic rings. The van der Waals surface area contributed by atoms with Crippen LogP contribution in [0.5, 0.6) is 0 Å². The van der Waals surface area contributed by atoms with E-state index in [9.17, 15) is 9.46 Å². The lowest BCUT2D eigenvalue weighted by molar-refractivity contribution is -0.709. The van der Waals surface area contributed by atoms with Crippen molar-refractivity contribution >= 4 is 14.2 Å². The van der Waals surface area contributed by atoms with E-state index in [2.05, 4.69) is 14.0 Å². The number of hydrogen-bond donors (Lipinski definition) is 1. The Kier molecular flexibility index (Phi) is 7.46. The number of phosphoric ester groups is 1. The summed E-state index contributed by atoms with van der Waals surface area (Å²) in [5.41, 5.74) is 0. The van der Waals surface area contributed by atoms with Gasteiger partial charge in [0.1, 0.15) is 6.20 Å². The molecule has 0 aliphatic carbocycles. The number of aliphatic imine (C=N–C) groups is 1. The fraction of sp³-hybridized carbons (Fsp3) is 0.625. The first-order valence-corrected chi connectivity index (χ1v) is 6.11. The lowest BCUT2D eigenvalue weighted by atomic mass is 10.9. The summed E-state index contributed by atoms with van der Waals surface area (Å²) >= 11 is 0. The van der Waals surface area contributed by atoms with Crippen molar-refractivity contribution in [2.45, 2.75) is 13.8 Å². The van der Waals surface area contributed by atoms with Gasteiger partial charge in [0.2, 0.25) is 0 Å². The van der Waals surface area contributed by atoms with Crippen molar-refractivity contribution in [1.29, 1.82) is 0 Å². The van der Waals surface area contributed by atoms with Crippen LogP contribution in [0, 0.1) is 0 Å². The molecule has 0 fully saturated rings. The van der Waals surface area contributed by atoms with Gasteiger partial charge in [-0.2, -0.15) is 0 Å². The number of quaternary nitrogens is 1. The average molecular weight is 236 g/mol. The van der Waals surface area contributed by atoms with Crippen LogP contribution in [0.25, 0.3) is 0 Å². The largest absolute Gasteiger partial charge is 0.756 e. The molecule has 6 nitrogen and oxygen atoms in total. The second-order valence-electron chi connectivity index (χ2n) is 2.62. The van der Waals surface area contributed by atoms with Gasteiger partial charge in [-0.05, 0) is 13.8 Å². The molecule has 0 saturated carbocycles. The van der Waals surface area contributed by atoms with E-state index in [0.717, 1.165) is 0 Å². The van der Waals surface area contributed by atoms with E-state index in [1.54, 1.807) is 20.0 Å². The maximum atomic E-state index is 10.4. The zero-order chi connectivity index (χ0) is 11.7. The van der Waals surface area contributed by atoms with Crippen LogP contribution in [-0.2, 0) is 13.6 Å². The molecule has 7 heteroatoms. The predicted octanol–water partition coefficient (Wildman–Crippen LogP) is -0.458. The molecule has 0 saturated heterocycles. The zero-order valence-electron chi connectivity index (χ0n) is 9.17. The van der Waals surface area contributed by atoms with Crippen LogP contribution < -0.4 is 9.79 Å². The van der Waals surface area contributed by atoms with Gasteiger partial charge in [-0.25, -0.2) is 4.99 Å². The number of rotatable bonds is 4. The Morgan fingerprint density at radius 3 is 2.13 bits per heavy atom. The van der Waals surface area contributed by atoms with Gasteiger partial charge in [0.15, 0.2) is 6.34 Å². The molecule has 1 N–H and O–H groups in total. The molecule has 15 heavy (non-hydrogen) atoms. The summed E-state index contributed by atoms with van der Waals surface area (Å²) < 4.78 is 18.9. The smallest absolute Gasteiger partial charge is 0.267 e. The van der Waals surface area contributed by atoms with Crippen molar-refractivity contribution in [2.75, 3.05) is 20.3 Å². The maximum absolute atomic E-state index is 10.4. The maximum Gasteiger partial charge on any atom is 0.267 e. The molecule has 0 spiro atoms. The van der Waals surface area contributed by atoms with Gasteiger partial charge in [-0.15, -0.1) is 0 Å². The van der Waals surface area contributed by atoms with Gasteiger partial charge in [-0.3, -0.25) is 9.46 Å². The summed E-state index contributed by atoms with van der Waals surface area (Å²) in [6.45, 7) is 3.43. The van der Waals surface area contributed by atoms with Crippen molar-refractivity contribution in [3.63, 3.8) is 0 Å². The molecule has 0 aromatic rings. The summed E-state index contributed by atoms with van der Waals surface area (Å²) in [7, 11) is -1.92. The molecule has 0 radical (unpaired) electrons. The minimum Gasteiger partial charge on any atom is -0.756 e. The standard InChI is InChI=1S/C4H6N2.C4H11O4P/c1-6-3-2-5-4-6;1-3-7-9(5,6)8-4-2/h2-4H,1H3;3-4H2,1-2H3,(H,5,6). The summed E-state index contributed by atoms with van der Waals surface area (Å²) in [6.07, 6.45) is 5.59. The number of phosphoric acid groups is 1. The highest BCUT2D eigenvalue weighted by Crippen LogP contribution is 2.37. The van der Waals surface area contributed by atoms with Crippen LogP contribution in [-0.4, -0.2) is 26.6 Å². The van der Waals surface area contributed by atoms with Crippen molar-refractivity contribution in [3.8, 4) is 0 Å². The molecule has 1 heterocycles. The van der Waals surface area contributed by atoms with E-state index in [1.807, 2.05) is 19.6 Å². The summed E-state index contributed by atoms with van der Waals surface area (Å²) in [4.78, 5) is 15.5. The third-order valence-electron chi connectivity index (χ3n) is 1.28. The Bertz CT molecular complexity index is 245. The summed E-state index contributed by atoms with van der Waals surface area (Å²) in [5.74, 6) is 0. The minimum atomic E-state index is -3.94. The Morgan fingerprint density at radius 1 is 1.40 bits per heavy atom. The zero-order valence-corrected chi connectivity index (χ0v) is 10.1. The molecule has 0 bridgehead atoms. The van der Waals surface area contributed by atoms with Crippen molar-refractivity contribution in [2.24, 2.45) is 4.99 Å². The SMILES string of the molecule is CCOP(=O)([O-])OCC.C[NH+]1C=CN=C1. The molecule has 0 aromatic carbocycles. The van der Waals surface area contributed by atoms with E-state index >= 15 is 0 Å². The lowest BCUT2D eigenvalue weighted by Gasteiger charge is -2.20. The molecule has 88 valence electrons. The first-order valence-electron chi connectivity index (χ1n) is 4.65. The number of nitrogens with one attached hydrogen (secondary N) is 1. The molecular formula is C8H17N2O4P. The third-order valence-corrected chi connectivity index (χ3v) is 2.42. The van der Waals surface area contributed by atoms with Crippen LogP contribution in [0.15, 0.2) is 17.4 Å². The van der Waals surface area contributed by atoms with E-state index in [0.29, 0.717) is 0 Å². The van der Waals surface area contributed by atoms with Crippen molar-refractivity contribution < 1.29 is 23.4 Å². The second-order valence-corrected chi connectivity index (χ2v) is 4.03. The van der Waals surface area contributed by atoms with E-state index in [4.69, 9.17) is 0 Å². The molecule has 1 atom stereocenters. The Morgan fingerprint density at radius 2 is 1.93 bits per heavy atom. The van der Waals surface area contributed by atoms with E-state index < -0.39 is 7.82 Å². The first kappa shape index (κ1) is 14.5. The van der Waals surface area contributed by atoms with Crippen LogP contribution >= 0.6 is 7.82 Å². The van der Waals surface area contributed by atoms with Crippen LogP contribution in [0.2, 0.25) is 0 Å². The Balaban J connectivity index is 0.000000280. The highest BCUT2D eigenvalue weighted by Gasteiger charge is 2.04. The van der Waals surface area contributed by atoms with E-state index in [1.165, 1.54) is 4.90 Å². The van der Waals surface area contributed by atoms with Crippen LogP contribution in [0.3, 0.4) is 0 Å². The lowest BCUT2D eigenvalue weighted by Crippen LogP contribution is -3.01. The van der Waals surface area contributed by atoms with Gasteiger partial charge >= 0.3 is 0 Å². The van der Waals surface area contributed by atoms with Crippen molar-refractivity contribution in [1.82, 2.24) is 0 Å². The Labute approximate surface area is 89.8 Å². The topological polar surface area (TPSA) is 75.4 Å². The first-order chi connectivity index (χ1) is 7.02. The Hall–Kier alpha value is -0.520. The molecule has 1 aliphatic heterocycles. The molecule has 1 unspecified atom stereocenters. The normalized spacial score (nSPS) is 18.8. The highest BCUT2D eigenvalue weighted by molar-refractivity contribution is 7.45.